The van der Waals surface area contributed by atoms with E-state index in [2.05, 4.69) is 17.6 Å². The predicted molar refractivity (Wildman–Crippen MR) is 83.3 cm³/mol. The number of unbranched alkanes of at least 4 members (excludes halogenated alkanes) is 1. The summed E-state index contributed by atoms with van der Waals surface area (Å²) in [5, 5.41) is 5.56. The fourth-order valence-electron chi connectivity index (χ4n) is 2.26. The molecule has 0 spiro atoms. The standard InChI is InChI=1S/C15H22N4O2/c1-2-3-7-13(16)14(20)18-11-5-4-6-12(10-11)19-9-8-17-15(19)21/h4-6,10,13H,2-3,7-9,16H2,1H3,(H,17,21)(H,18,20)/t13-/m0/s1. The number of carbonyl (C=O) groups excluding carboxylic acids is 2. The zero-order valence-electron chi connectivity index (χ0n) is 12.3. The molecule has 1 aromatic carbocycles. The summed E-state index contributed by atoms with van der Waals surface area (Å²) in [6, 6.07) is 6.63. The molecule has 0 aromatic heterocycles. The number of rotatable bonds is 6. The number of nitrogens with one attached hydrogen (secondary N) is 2. The highest BCUT2D eigenvalue weighted by atomic mass is 16.2. The van der Waals surface area contributed by atoms with Crippen LogP contribution in [0.5, 0.6) is 0 Å². The van der Waals surface area contributed by atoms with E-state index in [1.165, 1.54) is 0 Å². The summed E-state index contributed by atoms with van der Waals surface area (Å²) < 4.78 is 0. The second-order valence-electron chi connectivity index (χ2n) is 5.17. The van der Waals surface area contributed by atoms with Gasteiger partial charge in [-0.15, -0.1) is 0 Å². The first-order valence-corrected chi connectivity index (χ1v) is 7.33. The number of hydrogen-bond donors (Lipinski definition) is 3. The molecule has 0 saturated carbocycles. The lowest BCUT2D eigenvalue weighted by molar-refractivity contribution is -0.117. The van der Waals surface area contributed by atoms with Crippen LogP contribution in [-0.2, 0) is 4.79 Å². The highest BCUT2D eigenvalue weighted by molar-refractivity contribution is 5.97. The Labute approximate surface area is 124 Å². The van der Waals surface area contributed by atoms with Gasteiger partial charge in [-0.2, -0.15) is 0 Å². The van der Waals surface area contributed by atoms with E-state index in [-0.39, 0.29) is 11.9 Å². The van der Waals surface area contributed by atoms with Gasteiger partial charge in [0.05, 0.1) is 6.04 Å². The molecule has 1 aliphatic rings. The van der Waals surface area contributed by atoms with Crippen molar-refractivity contribution in [2.45, 2.75) is 32.2 Å². The first-order chi connectivity index (χ1) is 10.1. The fourth-order valence-corrected chi connectivity index (χ4v) is 2.26. The Balaban J connectivity index is 2.01. The summed E-state index contributed by atoms with van der Waals surface area (Å²) in [5.41, 5.74) is 7.27. The Kier molecular flexibility index (Phi) is 5.16. The third-order valence-corrected chi connectivity index (χ3v) is 3.49. The van der Waals surface area contributed by atoms with Gasteiger partial charge < -0.3 is 16.4 Å². The Morgan fingerprint density at radius 3 is 3.00 bits per heavy atom. The van der Waals surface area contributed by atoms with Crippen LogP contribution in [0.4, 0.5) is 16.2 Å². The van der Waals surface area contributed by atoms with E-state index in [0.29, 0.717) is 25.2 Å². The molecular formula is C15H22N4O2. The van der Waals surface area contributed by atoms with Crippen LogP contribution in [0.1, 0.15) is 26.2 Å². The van der Waals surface area contributed by atoms with Gasteiger partial charge in [0, 0.05) is 24.5 Å². The molecule has 2 rings (SSSR count). The lowest BCUT2D eigenvalue weighted by atomic mass is 10.1. The zero-order chi connectivity index (χ0) is 15.2. The van der Waals surface area contributed by atoms with Crippen LogP contribution >= 0.6 is 0 Å². The van der Waals surface area contributed by atoms with Crippen LogP contribution in [0, 0.1) is 0 Å². The van der Waals surface area contributed by atoms with E-state index in [0.717, 1.165) is 18.5 Å². The van der Waals surface area contributed by atoms with Crippen LogP contribution < -0.4 is 21.3 Å². The van der Waals surface area contributed by atoms with E-state index in [1.54, 1.807) is 17.0 Å². The number of hydrogen-bond acceptors (Lipinski definition) is 3. The average Bonchev–Trinajstić information content (AvgIpc) is 2.91. The molecule has 0 aliphatic carbocycles. The Morgan fingerprint density at radius 1 is 1.52 bits per heavy atom. The SMILES string of the molecule is CCCC[C@H](N)C(=O)Nc1cccc(N2CCNC2=O)c1. The van der Waals surface area contributed by atoms with Gasteiger partial charge in [-0.05, 0) is 24.6 Å². The van der Waals surface area contributed by atoms with Gasteiger partial charge in [-0.25, -0.2) is 4.79 Å². The minimum absolute atomic E-state index is 0.113. The Morgan fingerprint density at radius 2 is 2.33 bits per heavy atom. The fraction of sp³-hybridized carbons (Fsp3) is 0.467. The number of urea groups is 1. The molecule has 1 heterocycles. The lowest BCUT2D eigenvalue weighted by Gasteiger charge is -2.16. The van der Waals surface area contributed by atoms with E-state index in [9.17, 15) is 9.59 Å². The van der Waals surface area contributed by atoms with Crippen molar-refractivity contribution >= 4 is 23.3 Å². The molecule has 0 bridgehead atoms. The molecule has 6 nitrogen and oxygen atoms in total. The van der Waals surface area contributed by atoms with Gasteiger partial charge in [0.15, 0.2) is 0 Å². The van der Waals surface area contributed by atoms with Gasteiger partial charge in [0.2, 0.25) is 5.91 Å². The number of benzene rings is 1. The summed E-state index contributed by atoms with van der Waals surface area (Å²) in [4.78, 5) is 25.3. The molecule has 1 aliphatic heterocycles. The summed E-state index contributed by atoms with van der Waals surface area (Å²) in [6.07, 6.45) is 2.62. The monoisotopic (exact) mass is 290 g/mol. The maximum absolute atomic E-state index is 12.0. The number of carbonyl (C=O) groups is 2. The van der Waals surface area contributed by atoms with Gasteiger partial charge >= 0.3 is 6.03 Å². The van der Waals surface area contributed by atoms with Crippen molar-refractivity contribution in [3.63, 3.8) is 0 Å². The Hall–Kier alpha value is -2.08. The molecular weight excluding hydrogens is 268 g/mol. The third kappa shape index (κ3) is 3.95. The third-order valence-electron chi connectivity index (χ3n) is 3.49. The molecule has 4 N–H and O–H groups in total. The van der Waals surface area contributed by atoms with Gasteiger partial charge in [-0.1, -0.05) is 25.8 Å². The number of amides is 3. The smallest absolute Gasteiger partial charge is 0.321 e. The molecule has 6 heteroatoms. The number of nitrogens with zero attached hydrogens (tertiary/aromatic N) is 1. The van der Waals surface area contributed by atoms with Gasteiger partial charge in [-0.3, -0.25) is 9.69 Å². The van der Waals surface area contributed by atoms with Crippen molar-refractivity contribution in [3.8, 4) is 0 Å². The molecule has 114 valence electrons. The highest BCUT2D eigenvalue weighted by Gasteiger charge is 2.21. The van der Waals surface area contributed by atoms with E-state index in [1.807, 2.05) is 12.1 Å². The summed E-state index contributed by atoms with van der Waals surface area (Å²) in [5.74, 6) is -0.188. The van der Waals surface area contributed by atoms with Crippen LogP contribution in [0.15, 0.2) is 24.3 Å². The van der Waals surface area contributed by atoms with Crippen molar-refractivity contribution < 1.29 is 9.59 Å². The molecule has 0 radical (unpaired) electrons. The van der Waals surface area contributed by atoms with Crippen LogP contribution in [0.3, 0.4) is 0 Å². The summed E-state index contributed by atoms with van der Waals surface area (Å²) in [6.45, 7) is 3.33. The van der Waals surface area contributed by atoms with E-state index < -0.39 is 6.04 Å². The molecule has 3 amide bonds. The van der Waals surface area contributed by atoms with Crippen LogP contribution in [0.2, 0.25) is 0 Å². The second kappa shape index (κ2) is 7.08. The van der Waals surface area contributed by atoms with Gasteiger partial charge in [0.1, 0.15) is 0 Å². The van der Waals surface area contributed by atoms with Gasteiger partial charge in [0.25, 0.3) is 0 Å². The summed E-state index contributed by atoms with van der Waals surface area (Å²) in [7, 11) is 0. The largest absolute Gasteiger partial charge is 0.336 e. The van der Waals surface area contributed by atoms with E-state index >= 15 is 0 Å². The van der Waals surface area contributed by atoms with Crippen molar-refractivity contribution in [2.75, 3.05) is 23.3 Å². The first-order valence-electron chi connectivity index (χ1n) is 7.33. The zero-order valence-corrected chi connectivity index (χ0v) is 12.3. The lowest BCUT2D eigenvalue weighted by Crippen LogP contribution is -2.35. The number of anilines is 2. The average molecular weight is 290 g/mol. The predicted octanol–water partition coefficient (Wildman–Crippen LogP) is 1.67. The van der Waals surface area contributed by atoms with Crippen LogP contribution in [0.25, 0.3) is 0 Å². The minimum Gasteiger partial charge on any atom is -0.336 e. The quantitative estimate of drug-likeness (QED) is 0.744. The van der Waals surface area contributed by atoms with Crippen molar-refractivity contribution in [1.29, 1.82) is 0 Å². The molecule has 1 saturated heterocycles. The van der Waals surface area contributed by atoms with Crippen molar-refractivity contribution in [1.82, 2.24) is 5.32 Å². The Bertz CT molecular complexity index is 518. The molecule has 21 heavy (non-hydrogen) atoms. The first kappa shape index (κ1) is 15.3. The highest BCUT2D eigenvalue weighted by Crippen LogP contribution is 2.21. The minimum atomic E-state index is -0.497. The molecule has 0 unspecified atom stereocenters. The van der Waals surface area contributed by atoms with Crippen LogP contribution in [-0.4, -0.2) is 31.1 Å². The van der Waals surface area contributed by atoms with Crippen molar-refractivity contribution in [3.05, 3.63) is 24.3 Å². The van der Waals surface area contributed by atoms with E-state index in [4.69, 9.17) is 5.73 Å². The molecule has 1 fully saturated rings. The topological polar surface area (TPSA) is 87.5 Å². The maximum atomic E-state index is 12.0. The maximum Gasteiger partial charge on any atom is 0.321 e. The number of nitrogens with two attached hydrogens (primary N) is 1. The molecule has 1 atom stereocenters. The van der Waals surface area contributed by atoms with Crippen molar-refractivity contribution in [2.24, 2.45) is 5.73 Å². The second-order valence-corrected chi connectivity index (χ2v) is 5.17. The molecule has 1 aromatic rings. The normalized spacial score (nSPS) is 15.7. The summed E-state index contributed by atoms with van der Waals surface area (Å²) >= 11 is 0.